The van der Waals surface area contributed by atoms with Crippen molar-refractivity contribution in [3.05, 3.63) is 57.6 Å². The number of hydrogen-bond donors (Lipinski definition) is 0. The lowest BCUT2D eigenvalue weighted by Crippen LogP contribution is -1.84. The minimum atomic E-state index is -0.774. The third kappa shape index (κ3) is 2.00. The molecule has 2 heterocycles. The van der Waals surface area contributed by atoms with Crippen LogP contribution in [0.3, 0.4) is 0 Å². The Bertz CT molecular complexity index is 974. The molecule has 0 aliphatic rings. The van der Waals surface area contributed by atoms with Crippen LogP contribution in [-0.4, -0.2) is 0 Å². The van der Waals surface area contributed by atoms with Crippen molar-refractivity contribution in [3.63, 3.8) is 0 Å². The maximum Gasteiger partial charge on any atom is 0.519 e. The van der Waals surface area contributed by atoms with Gasteiger partial charge in [0, 0.05) is 12.1 Å². The molecule has 104 valence electrons. The molecule has 0 N–H and O–H groups in total. The van der Waals surface area contributed by atoms with Gasteiger partial charge < -0.3 is 22.4 Å². The van der Waals surface area contributed by atoms with E-state index in [4.69, 9.17) is 22.4 Å². The first-order valence-electron chi connectivity index (χ1n) is 5.93. The molecule has 0 aliphatic heterocycles. The average molecular weight is 286 g/mol. The van der Waals surface area contributed by atoms with Gasteiger partial charge >= 0.3 is 11.6 Å². The Morgan fingerprint density at radius 3 is 1.52 bits per heavy atom. The second kappa shape index (κ2) is 4.14. The van der Waals surface area contributed by atoms with Crippen molar-refractivity contribution in [3.8, 4) is 11.5 Å². The molecule has 0 aliphatic carbocycles. The molecule has 0 fully saturated rings. The molecule has 4 rings (SSSR count). The molecule has 0 atom stereocenters. The van der Waals surface area contributed by atoms with E-state index in [0.29, 0.717) is 22.7 Å². The van der Waals surface area contributed by atoms with Crippen molar-refractivity contribution in [2.24, 2.45) is 0 Å². The molecule has 0 saturated carbocycles. The number of benzene rings is 2. The van der Waals surface area contributed by atoms with E-state index in [9.17, 15) is 9.59 Å². The molecule has 2 aromatic carbocycles. The molecule has 0 bridgehead atoms. The van der Waals surface area contributed by atoms with Gasteiger partial charge in [-0.25, -0.2) is 9.59 Å². The minimum absolute atomic E-state index is 0.286. The zero-order chi connectivity index (χ0) is 14.4. The third-order valence-electron chi connectivity index (χ3n) is 2.84. The molecule has 0 unspecified atom stereocenters. The maximum absolute atomic E-state index is 11.0. The van der Waals surface area contributed by atoms with Gasteiger partial charge in [-0.1, -0.05) is 0 Å². The predicted octanol–water partition coefficient (Wildman–Crippen LogP) is 2.88. The van der Waals surface area contributed by atoms with Gasteiger partial charge in [0.15, 0.2) is 22.3 Å². The van der Waals surface area contributed by atoms with Crippen molar-refractivity contribution < 1.29 is 22.4 Å². The normalized spacial score (nSPS) is 11.2. The summed E-state index contributed by atoms with van der Waals surface area (Å²) in [5, 5.41) is 0. The highest BCUT2D eigenvalue weighted by Crippen LogP contribution is 2.27. The van der Waals surface area contributed by atoms with E-state index in [1.165, 1.54) is 12.1 Å². The third-order valence-corrected chi connectivity index (χ3v) is 2.84. The van der Waals surface area contributed by atoms with Crippen LogP contribution in [0.5, 0.6) is 11.5 Å². The van der Waals surface area contributed by atoms with Crippen LogP contribution in [0.1, 0.15) is 0 Å². The number of ether oxygens (including phenoxy) is 1. The Morgan fingerprint density at radius 2 is 1.05 bits per heavy atom. The first-order valence-corrected chi connectivity index (χ1v) is 5.93. The van der Waals surface area contributed by atoms with Crippen LogP contribution in [0.2, 0.25) is 0 Å². The fourth-order valence-corrected chi connectivity index (χ4v) is 1.97. The first kappa shape index (κ1) is 11.6. The van der Waals surface area contributed by atoms with E-state index >= 15 is 0 Å². The second-order valence-corrected chi connectivity index (χ2v) is 4.23. The van der Waals surface area contributed by atoms with Crippen LogP contribution < -0.4 is 16.4 Å². The number of hydrogen-bond acceptors (Lipinski definition) is 7. The highest BCUT2D eigenvalue weighted by molar-refractivity contribution is 5.73. The van der Waals surface area contributed by atoms with Gasteiger partial charge in [0.2, 0.25) is 0 Å². The molecular weight excluding hydrogens is 280 g/mol. The van der Waals surface area contributed by atoms with Gasteiger partial charge in [0.25, 0.3) is 0 Å². The summed E-state index contributed by atoms with van der Waals surface area (Å²) >= 11 is 0. The van der Waals surface area contributed by atoms with E-state index in [-0.39, 0.29) is 11.2 Å². The lowest BCUT2D eigenvalue weighted by molar-refractivity contribution is 0.408. The largest absolute Gasteiger partial charge is 0.519 e. The Hall–Kier alpha value is -3.22. The quantitative estimate of drug-likeness (QED) is 0.559. The lowest BCUT2D eigenvalue weighted by atomic mass is 10.3. The van der Waals surface area contributed by atoms with Crippen LogP contribution in [0.4, 0.5) is 0 Å². The van der Waals surface area contributed by atoms with Crippen molar-refractivity contribution in [2.75, 3.05) is 0 Å². The minimum Gasteiger partial charge on any atom is -0.457 e. The molecule has 0 saturated heterocycles. The molecule has 7 nitrogen and oxygen atoms in total. The summed E-state index contributed by atoms with van der Waals surface area (Å²) in [6.07, 6.45) is 0. The topological polar surface area (TPSA) is 95.9 Å². The maximum atomic E-state index is 11.0. The van der Waals surface area contributed by atoms with Gasteiger partial charge in [0.1, 0.15) is 11.5 Å². The van der Waals surface area contributed by atoms with Crippen LogP contribution in [0.25, 0.3) is 22.3 Å². The molecule has 4 aromatic rings. The highest BCUT2D eigenvalue weighted by Gasteiger charge is 2.08. The second-order valence-electron chi connectivity index (χ2n) is 4.23. The first-order chi connectivity index (χ1) is 10.2. The van der Waals surface area contributed by atoms with Crippen LogP contribution in [0, 0.1) is 0 Å². The molecule has 2 aromatic heterocycles. The molecule has 0 spiro atoms. The number of rotatable bonds is 2. The Balaban J connectivity index is 1.74. The SMILES string of the molecule is O=c1oc2ccc(Oc3ccc4oc(=O)oc4c3)cc2o1. The molecular formula is C14H6O7. The Morgan fingerprint density at radius 1 is 0.619 bits per heavy atom. The van der Waals surface area contributed by atoms with Gasteiger partial charge in [-0.05, 0) is 24.3 Å². The summed E-state index contributed by atoms with van der Waals surface area (Å²) < 4.78 is 24.9. The number of fused-ring (bicyclic) bond motifs is 2. The van der Waals surface area contributed by atoms with Crippen molar-refractivity contribution in [1.82, 2.24) is 0 Å². The van der Waals surface area contributed by atoms with Gasteiger partial charge in [-0.3, -0.25) is 0 Å². The summed E-state index contributed by atoms with van der Waals surface area (Å²) in [7, 11) is 0. The monoisotopic (exact) mass is 286 g/mol. The molecule has 7 heteroatoms. The van der Waals surface area contributed by atoms with E-state index in [1.807, 2.05) is 0 Å². The fourth-order valence-electron chi connectivity index (χ4n) is 1.97. The van der Waals surface area contributed by atoms with Gasteiger partial charge in [-0.2, -0.15) is 0 Å². The lowest BCUT2D eigenvalue weighted by Gasteiger charge is -2.04. The van der Waals surface area contributed by atoms with E-state index in [1.54, 1.807) is 24.3 Å². The standard InChI is InChI=1S/C14H6O7/c15-13-18-9-3-1-7(5-11(9)20-13)17-8-2-4-10-12(6-8)21-14(16)19-10/h1-6H. The average Bonchev–Trinajstić information content (AvgIpc) is 2.98. The van der Waals surface area contributed by atoms with Crippen LogP contribution in [0.15, 0.2) is 63.7 Å². The summed E-state index contributed by atoms with van der Waals surface area (Å²) in [6.45, 7) is 0. The zero-order valence-corrected chi connectivity index (χ0v) is 10.3. The van der Waals surface area contributed by atoms with Crippen molar-refractivity contribution in [2.45, 2.75) is 0 Å². The summed E-state index contributed by atoms with van der Waals surface area (Å²) in [5.41, 5.74) is 1.24. The molecule has 21 heavy (non-hydrogen) atoms. The smallest absolute Gasteiger partial charge is 0.457 e. The van der Waals surface area contributed by atoms with Crippen molar-refractivity contribution in [1.29, 1.82) is 0 Å². The van der Waals surface area contributed by atoms with E-state index < -0.39 is 11.6 Å². The van der Waals surface area contributed by atoms with Crippen LogP contribution in [-0.2, 0) is 0 Å². The molecule has 0 amide bonds. The summed E-state index contributed by atoms with van der Waals surface area (Å²) in [6, 6.07) is 9.41. The summed E-state index contributed by atoms with van der Waals surface area (Å²) in [5.74, 6) is -0.665. The van der Waals surface area contributed by atoms with Crippen LogP contribution >= 0.6 is 0 Å². The van der Waals surface area contributed by atoms with Gasteiger partial charge in [0.05, 0.1) is 0 Å². The Labute approximate surface area is 114 Å². The highest BCUT2D eigenvalue weighted by atomic mass is 16.6. The van der Waals surface area contributed by atoms with E-state index in [0.717, 1.165) is 0 Å². The van der Waals surface area contributed by atoms with Gasteiger partial charge in [-0.15, -0.1) is 0 Å². The molecule has 0 radical (unpaired) electrons. The Kier molecular flexibility index (Phi) is 2.28. The van der Waals surface area contributed by atoms with Crippen molar-refractivity contribution >= 4 is 22.3 Å². The zero-order valence-electron chi connectivity index (χ0n) is 10.3. The summed E-state index contributed by atoms with van der Waals surface area (Å²) in [4.78, 5) is 22.0. The predicted molar refractivity (Wildman–Crippen MR) is 69.6 cm³/mol. The van der Waals surface area contributed by atoms with E-state index in [2.05, 4.69) is 0 Å². The fraction of sp³-hybridized carbons (Fsp3) is 0.